The van der Waals surface area contributed by atoms with E-state index in [2.05, 4.69) is 48.1 Å². The summed E-state index contributed by atoms with van der Waals surface area (Å²) in [5, 5.41) is 4.11. The molecule has 0 aliphatic carbocycles. The third-order valence-electron chi connectivity index (χ3n) is 5.44. The predicted molar refractivity (Wildman–Crippen MR) is 102 cm³/mol. The van der Waals surface area contributed by atoms with Gasteiger partial charge < -0.3 is 14.8 Å². The monoisotopic (exact) mass is 351 g/mol. The zero-order valence-electron chi connectivity index (χ0n) is 15.4. The summed E-state index contributed by atoms with van der Waals surface area (Å²) in [7, 11) is 0. The highest BCUT2D eigenvalue weighted by Gasteiger charge is 2.42. The van der Waals surface area contributed by atoms with Crippen LogP contribution in [-0.2, 0) is 22.6 Å². The van der Waals surface area contributed by atoms with Crippen LogP contribution in [0.5, 0.6) is 0 Å². The summed E-state index contributed by atoms with van der Waals surface area (Å²) < 4.78 is 2.21. The van der Waals surface area contributed by atoms with Crippen molar-refractivity contribution in [2.45, 2.75) is 51.7 Å². The van der Waals surface area contributed by atoms with Gasteiger partial charge in [-0.15, -0.1) is 0 Å². The van der Waals surface area contributed by atoms with Crippen LogP contribution in [0, 0.1) is 0 Å². The lowest BCUT2D eigenvalue weighted by molar-refractivity contribution is -0.146. The van der Waals surface area contributed by atoms with Crippen LogP contribution in [0.4, 0.5) is 0 Å². The van der Waals surface area contributed by atoms with Gasteiger partial charge in [-0.1, -0.05) is 29.8 Å². The van der Waals surface area contributed by atoms with E-state index < -0.39 is 6.04 Å². The van der Waals surface area contributed by atoms with Crippen LogP contribution < -0.4 is 5.32 Å². The Kier molecular flexibility index (Phi) is 4.31. The van der Waals surface area contributed by atoms with Crippen molar-refractivity contribution in [3.05, 3.63) is 47.7 Å². The quantitative estimate of drug-likeness (QED) is 0.861. The number of fused-ring (bicyclic) bond motifs is 2. The van der Waals surface area contributed by atoms with Crippen LogP contribution in [0.15, 0.2) is 42.1 Å². The van der Waals surface area contributed by atoms with Gasteiger partial charge >= 0.3 is 0 Å². The molecule has 2 fully saturated rings. The lowest BCUT2D eigenvalue weighted by atomic mass is 10.0. The SMILES string of the molecule is CC(C)=CCn1cc(C[C@@H]2NC(=O)[C@@H]3CCCN3C2=O)c2ccccc21. The topological polar surface area (TPSA) is 54.3 Å². The molecular formula is C21H25N3O2. The Hall–Kier alpha value is -2.56. The molecule has 1 aromatic carbocycles. The summed E-state index contributed by atoms with van der Waals surface area (Å²) in [5.74, 6) is 0.0635. The second-order valence-electron chi connectivity index (χ2n) is 7.56. The van der Waals surface area contributed by atoms with E-state index in [1.807, 2.05) is 12.1 Å². The molecule has 1 aromatic heterocycles. The zero-order chi connectivity index (χ0) is 18.3. The molecule has 2 aliphatic heterocycles. The van der Waals surface area contributed by atoms with Gasteiger partial charge in [0.25, 0.3) is 0 Å². The van der Waals surface area contributed by atoms with Gasteiger partial charge in [0, 0.05) is 36.6 Å². The number of hydrogen-bond acceptors (Lipinski definition) is 2. The molecule has 0 saturated carbocycles. The molecule has 4 rings (SSSR count). The Labute approximate surface area is 153 Å². The Morgan fingerprint density at radius 3 is 2.88 bits per heavy atom. The van der Waals surface area contributed by atoms with Crippen molar-refractivity contribution in [3.63, 3.8) is 0 Å². The number of piperazine rings is 1. The van der Waals surface area contributed by atoms with Gasteiger partial charge in [0.1, 0.15) is 12.1 Å². The Morgan fingerprint density at radius 1 is 1.27 bits per heavy atom. The average molecular weight is 351 g/mol. The minimum absolute atomic E-state index is 0.000351. The third-order valence-corrected chi connectivity index (χ3v) is 5.44. The molecule has 0 bridgehead atoms. The molecule has 3 heterocycles. The first-order valence-corrected chi connectivity index (χ1v) is 9.35. The van der Waals surface area contributed by atoms with Gasteiger partial charge in [-0.3, -0.25) is 9.59 Å². The van der Waals surface area contributed by atoms with Crippen molar-refractivity contribution in [1.29, 1.82) is 0 Å². The number of carbonyl (C=O) groups excluding carboxylic acids is 2. The number of para-hydroxylation sites is 1. The van der Waals surface area contributed by atoms with Crippen LogP contribution in [0.25, 0.3) is 10.9 Å². The maximum atomic E-state index is 12.8. The van der Waals surface area contributed by atoms with Gasteiger partial charge in [-0.05, 0) is 38.3 Å². The molecule has 2 amide bonds. The lowest BCUT2D eigenvalue weighted by Crippen LogP contribution is -2.61. The maximum absolute atomic E-state index is 12.8. The van der Waals surface area contributed by atoms with Crippen molar-refractivity contribution in [2.24, 2.45) is 0 Å². The second-order valence-corrected chi connectivity index (χ2v) is 7.56. The minimum Gasteiger partial charge on any atom is -0.343 e. The van der Waals surface area contributed by atoms with E-state index in [-0.39, 0.29) is 17.9 Å². The first-order chi connectivity index (χ1) is 12.5. The summed E-state index contributed by atoms with van der Waals surface area (Å²) in [6, 6.07) is 7.55. The van der Waals surface area contributed by atoms with E-state index in [0.717, 1.165) is 35.9 Å². The average Bonchev–Trinajstić information content (AvgIpc) is 3.24. The molecule has 136 valence electrons. The van der Waals surface area contributed by atoms with Crippen molar-refractivity contribution >= 4 is 22.7 Å². The number of amides is 2. The van der Waals surface area contributed by atoms with Crippen LogP contribution >= 0.6 is 0 Å². The highest BCUT2D eigenvalue weighted by molar-refractivity contribution is 5.98. The van der Waals surface area contributed by atoms with Gasteiger partial charge in [0.15, 0.2) is 0 Å². The van der Waals surface area contributed by atoms with Crippen LogP contribution in [0.1, 0.15) is 32.3 Å². The highest BCUT2D eigenvalue weighted by atomic mass is 16.2. The number of hydrogen-bond donors (Lipinski definition) is 1. The van der Waals surface area contributed by atoms with Gasteiger partial charge in [-0.2, -0.15) is 0 Å². The predicted octanol–water partition coefficient (Wildman–Crippen LogP) is 2.64. The van der Waals surface area contributed by atoms with Gasteiger partial charge in [0.05, 0.1) is 0 Å². The number of nitrogens with one attached hydrogen (secondary N) is 1. The lowest BCUT2D eigenvalue weighted by Gasteiger charge is -2.34. The van der Waals surface area contributed by atoms with E-state index in [9.17, 15) is 9.59 Å². The molecule has 2 atom stereocenters. The number of allylic oxidation sites excluding steroid dienone is 2. The Bertz CT molecular complexity index is 892. The zero-order valence-corrected chi connectivity index (χ0v) is 15.4. The number of rotatable bonds is 4. The molecule has 0 spiro atoms. The fourth-order valence-electron chi connectivity index (χ4n) is 4.11. The maximum Gasteiger partial charge on any atom is 0.246 e. The van der Waals surface area contributed by atoms with Crippen molar-refractivity contribution in [3.8, 4) is 0 Å². The molecule has 0 radical (unpaired) electrons. The van der Waals surface area contributed by atoms with Crippen molar-refractivity contribution in [2.75, 3.05) is 6.54 Å². The molecular weight excluding hydrogens is 326 g/mol. The van der Waals surface area contributed by atoms with E-state index in [0.29, 0.717) is 13.0 Å². The summed E-state index contributed by atoms with van der Waals surface area (Å²) in [5.41, 5.74) is 3.55. The summed E-state index contributed by atoms with van der Waals surface area (Å²) in [6.45, 7) is 5.70. The highest BCUT2D eigenvalue weighted by Crippen LogP contribution is 2.26. The molecule has 2 saturated heterocycles. The van der Waals surface area contributed by atoms with E-state index in [1.165, 1.54) is 5.57 Å². The van der Waals surface area contributed by atoms with E-state index >= 15 is 0 Å². The van der Waals surface area contributed by atoms with Crippen LogP contribution in [0.2, 0.25) is 0 Å². The molecule has 2 aromatic rings. The van der Waals surface area contributed by atoms with Crippen molar-refractivity contribution in [1.82, 2.24) is 14.8 Å². The van der Waals surface area contributed by atoms with Gasteiger partial charge in [0.2, 0.25) is 11.8 Å². The summed E-state index contributed by atoms with van der Waals surface area (Å²) in [6.07, 6.45) is 6.55. The first kappa shape index (κ1) is 16.9. The summed E-state index contributed by atoms with van der Waals surface area (Å²) >= 11 is 0. The molecule has 2 aliphatic rings. The fourth-order valence-corrected chi connectivity index (χ4v) is 4.11. The second kappa shape index (κ2) is 6.63. The Balaban J connectivity index is 1.64. The number of nitrogens with zero attached hydrogens (tertiary/aromatic N) is 2. The smallest absolute Gasteiger partial charge is 0.246 e. The van der Waals surface area contributed by atoms with Crippen molar-refractivity contribution < 1.29 is 9.59 Å². The largest absolute Gasteiger partial charge is 0.343 e. The first-order valence-electron chi connectivity index (χ1n) is 9.35. The number of aromatic nitrogens is 1. The number of carbonyl (C=O) groups is 2. The molecule has 1 N–H and O–H groups in total. The molecule has 0 unspecified atom stereocenters. The Morgan fingerprint density at radius 2 is 2.08 bits per heavy atom. The van der Waals surface area contributed by atoms with Crippen LogP contribution in [-0.4, -0.2) is 39.9 Å². The third kappa shape index (κ3) is 2.91. The van der Waals surface area contributed by atoms with Crippen LogP contribution in [0.3, 0.4) is 0 Å². The standard InChI is InChI=1S/C21H25N3O2/c1-14(2)9-11-23-13-15(16-6-3-4-7-18(16)23)12-17-21(26)24-10-5-8-19(24)20(25)22-17/h3-4,6-7,9,13,17,19H,5,8,10-12H2,1-2H3,(H,22,25)/t17-,19-/m0/s1. The normalized spacial score (nSPS) is 22.5. The molecule has 26 heavy (non-hydrogen) atoms. The van der Waals surface area contributed by atoms with Gasteiger partial charge in [-0.25, -0.2) is 0 Å². The molecule has 5 heteroatoms. The van der Waals surface area contributed by atoms with E-state index in [1.54, 1.807) is 4.90 Å². The summed E-state index contributed by atoms with van der Waals surface area (Å²) in [4.78, 5) is 26.9. The molecule has 5 nitrogen and oxygen atoms in total. The minimum atomic E-state index is -0.459. The number of benzene rings is 1. The van der Waals surface area contributed by atoms with E-state index in [4.69, 9.17) is 0 Å². The fraction of sp³-hybridized carbons (Fsp3) is 0.429.